The van der Waals surface area contributed by atoms with E-state index in [2.05, 4.69) is 52.3 Å². The minimum absolute atomic E-state index is 0.0148. The Bertz CT molecular complexity index is 990. The molecule has 0 aliphatic rings. The average Bonchev–Trinajstić information content (AvgIpc) is 2.66. The van der Waals surface area contributed by atoms with Gasteiger partial charge in [0.15, 0.2) is 6.61 Å². The van der Waals surface area contributed by atoms with E-state index in [0.29, 0.717) is 5.92 Å². The highest BCUT2D eigenvalue weighted by Gasteiger charge is 2.59. The smallest absolute Gasteiger partial charge is 0.434 e. The summed E-state index contributed by atoms with van der Waals surface area (Å²) in [5.74, 6) is -1.18. The Morgan fingerprint density at radius 2 is 1.38 bits per heavy atom. The first kappa shape index (κ1) is 27.8. The van der Waals surface area contributed by atoms with E-state index >= 15 is 0 Å². The molecule has 0 saturated carbocycles. The van der Waals surface area contributed by atoms with Crippen LogP contribution in [0.4, 0.5) is 26.3 Å². The van der Waals surface area contributed by atoms with Crippen molar-refractivity contribution in [3.8, 4) is 5.75 Å². The average molecular weight is 493 g/mol. The van der Waals surface area contributed by atoms with Crippen molar-refractivity contribution >= 4 is 16.7 Å². The molecule has 0 bridgehead atoms. The summed E-state index contributed by atoms with van der Waals surface area (Å²) in [6.45, 7) is 12.1. The summed E-state index contributed by atoms with van der Waals surface area (Å²) in [6, 6.07) is 10.7. The number of alkyl halides is 6. The number of halogens is 6. The second kappa shape index (κ2) is 9.66. The summed E-state index contributed by atoms with van der Waals surface area (Å²) in [7, 11) is 0. The van der Waals surface area contributed by atoms with Crippen molar-refractivity contribution in [1.29, 1.82) is 0 Å². The molecule has 190 valence electrons. The van der Waals surface area contributed by atoms with E-state index in [0.717, 1.165) is 22.8 Å². The molecule has 1 atom stereocenters. The van der Waals surface area contributed by atoms with Crippen LogP contribution in [0.25, 0.3) is 10.8 Å². The van der Waals surface area contributed by atoms with Gasteiger partial charge in [0.05, 0.1) is 0 Å². The third-order valence-corrected chi connectivity index (χ3v) is 6.12. The predicted molar refractivity (Wildman–Crippen MR) is 118 cm³/mol. The maximum Gasteiger partial charge on any atom is 0.434 e. The molecule has 0 radical (unpaired) electrons. The summed E-state index contributed by atoms with van der Waals surface area (Å²) >= 11 is 0. The highest BCUT2D eigenvalue weighted by atomic mass is 19.4. The van der Waals surface area contributed by atoms with Crippen LogP contribution < -0.4 is 4.74 Å². The third-order valence-electron chi connectivity index (χ3n) is 6.12. The van der Waals surface area contributed by atoms with Gasteiger partial charge in [0.1, 0.15) is 5.75 Å². The zero-order valence-corrected chi connectivity index (χ0v) is 20.0. The number of rotatable bonds is 7. The SMILES string of the molecule is CC(C)CC(C)(c1ccc2cc(OCC(=O)OC(C(F)(F)F)C(F)(F)F)ccc2c1)C(C)(C)C. The van der Waals surface area contributed by atoms with Gasteiger partial charge in [-0.25, -0.2) is 4.79 Å². The summed E-state index contributed by atoms with van der Waals surface area (Å²) in [6.07, 6.45) is -14.8. The van der Waals surface area contributed by atoms with Crippen molar-refractivity contribution in [2.45, 2.75) is 71.8 Å². The minimum atomic E-state index is -5.77. The van der Waals surface area contributed by atoms with Crippen LogP contribution >= 0.6 is 0 Å². The van der Waals surface area contributed by atoms with Gasteiger partial charge < -0.3 is 9.47 Å². The largest absolute Gasteiger partial charge is 0.482 e. The molecule has 9 heteroatoms. The first-order valence-corrected chi connectivity index (χ1v) is 10.8. The Kier molecular flexibility index (Phi) is 7.90. The molecule has 2 aromatic carbocycles. The van der Waals surface area contributed by atoms with Crippen molar-refractivity contribution in [1.82, 2.24) is 0 Å². The Labute approximate surface area is 195 Å². The zero-order chi connectivity index (χ0) is 26.1. The molecule has 0 saturated heterocycles. The maximum absolute atomic E-state index is 12.5. The van der Waals surface area contributed by atoms with Gasteiger partial charge >= 0.3 is 18.3 Å². The van der Waals surface area contributed by atoms with E-state index in [9.17, 15) is 31.1 Å². The van der Waals surface area contributed by atoms with E-state index in [1.165, 1.54) is 6.07 Å². The molecule has 0 spiro atoms. The van der Waals surface area contributed by atoms with Crippen LogP contribution in [-0.4, -0.2) is 31.0 Å². The number of carbonyl (C=O) groups is 1. The Morgan fingerprint density at radius 3 is 1.88 bits per heavy atom. The topological polar surface area (TPSA) is 35.5 Å². The molecule has 0 aliphatic heterocycles. The van der Waals surface area contributed by atoms with E-state index < -0.39 is 31.0 Å². The lowest BCUT2D eigenvalue weighted by atomic mass is 9.60. The number of hydrogen-bond acceptors (Lipinski definition) is 3. The molecule has 0 N–H and O–H groups in total. The van der Waals surface area contributed by atoms with Crippen LogP contribution in [0.15, 0.2) is 36.4 Å². The van der Waals surface area contributed by atoms with E-state index in [1.807, 2.05) is 12.1 Å². The highest BCUT2D eigenvalue weighted by Crippen LogP contribution is 2.46. The van der Waals surface area contributed by atoms with Crippen LogP contribution in [-0.2, 0) is 14.9 Å². The predicted octanol–water partition coefficient (Wildman–Crippen LogP) is 7.60. The number of fused-ring (bicyclic) bond motifs is 1. The highest BCUT2D eigenvalue weighted by molar-refractivity contribution is 5.85. The fourth-order valence-electron chi connectivity index (χ4n) is 3.96. The Balaban J connectivity index is 2.20. The van der Waals surface area contributed by atoms with Gasteiger partial charge in [-0.1, -0.05) is 65.8 Å². The standard InChI is InChI=1S/C25H30F6O3/c1-15(2)13-23(6,22(3,4)5)18-9-7-17-12-19(10-8-16(17)11-18)33-14-20(32)34-21(24(26,27)28)25(29,30)31/h7-12,15,21H,13-14H2,1-6H3. The van der Waals surface area contributed by atoms with Gasteiger partial charge in [0.25, 0.3) is 6.10 Å². The van der Waals surface area contributed by atoms with Gasteiger partial charge in [-0.2, -0.15) is 26.3 Å². The van der Waals surface area contributed by atoms with Crippen LogP contribution in [0.2, 0.25) is 0 Å². The molecule has 1 unspecified atom stereocenters. The molecule has 0 heterocycles. The lowest BCUT2D eigenvalue weighted by molar-refractivity contribution is -0.313. The van der Waals surface area contributed by atoms with Crippen LogP contribution in [0.1, 0.15) is 53.5 Å². The molecule has 0 aliphatic carbocycles. The van der Waals surface area contributed by atoms with E-state index in [4.69, 9.17) is 4.74 Å². The molecule has 0 aromatic heterocycles. The normalized spacial score (nSPS) is 15.0. The number of benzene rings is 2. The van der Waals surface area contributed by atoms with Crippen molar-refractivity contribution in [2.24, 2.45) is 11.3 Å². The molecular formula is C25H30F6O3. The molecule has 0 fully saturated rings. The first-order valence-electron chi connectivity index (χ1n) is 10.8. The summed E-state index contributed by atoms with van der Waals surface area (Å²) in [5.41, 5.74) is 1.03. The molecule has 0 amide bonds. The van der Waals surface area contributed by atoms with Crippen molar-refractivity contribution < 1.29 is 40.6 Å². The molecule has 34 heavy (non-hydrogen) atoms. The molecular weight excluding hydrogens is 462 g/mol. The maximum atomic E-state index is 12.5. The lowest BCUT2D eigenvalue weighted by Crippen LogP contribution is -2.46. The van der Waals surface area contributed by atoms with Crippen molar-refractivity contribution in [3.05, 3.63) is 42.0 Å². The van der Waals surface area contributed by atoms with Gasteiger partial charge in [-0.05, 0) is 51.6 Å². The molecule has 2 rings (SSSR count). The van der Waals surface area contributed by atoms with Gasteiger partial charge in [0.2, 0.25) is 0 Å². The van der Waals surface area contributed by atoms with Crippen LogP contribution in [0, 0.1) is 11.3 Å². The van der Waals surface area contributed by atoms with Gasteiger partial charge in [-0.15, -0.1) is 0 Å². The second-order valence-electron chi connectivity index (χ2n) is 10.1. The first-order chi connectivity index (χ1) is 15.3. The summed E-state index contributed by atoms with van der Waals surface area (Å²) in [5, 5.41) is 1.64. The fraction of sp³-hybridized carbons (Fsp3) is 0.560. The quantitative estimate of drug-likeness (QED) is 0.295. The van der Waals surface area contributed by atoms with Crippen LogP contribution in [0.5, 0.6) is 5.75 Å². The van der Waals surface area contributed by atoms with Gasteiger partial charge in [0, 0.05) is 0 Å². The lowest BCUT2D eigenvalue weighted by Gasteiger charge is -2.44. The summed E-state index contributed by atoms with van der Waals surface area (Å²) < 4.78 is 83.9. The zero-order valence-electron chi connectivity index (χ0n) is 20.0. The second-order valence-corrected chi connectivity index (χ2v) is 10.1. The van der Waals surface area contributed by atoms with Crippen molar-refractivity contribution in [2.75, 3.05) is 6.61 Å². The summed E-state index contributed by atoms with van der Waals surface area (Å²) in [4.78, 5) is 11.6. The number of esters is 1. The van der Waals surface area contributed by atoms with Crippen molar-refractivity contribution in [3.63, 3.8) is 0 Å². The van der Waals surface area contributed by atoms with E-state index in [-0.39, 0.29) is 16.6 Å². The monoisotopic (exact) mass is 492 g/mol. The minimum Gasteiger partial charge on any atom is -0.482 e. The van der Waals surface area contributed by atoms with E-state index in [1.54, 1.807) is 12.1 Å². The number of ether oxygens (including phenoxy) is 2. The van der Waals surface area contributed by atoms with Crippen LogP contribution in [0.3, 0.4) is 0 Å². The molecule has 2 aromatic rings. The fourth-order valence-corrected chi connectivity index (χ4v) is 3.96. The number of hydrogen-bond donors (Lipinski definition) is 0. The molecule has 3 nitrogen and oxygen atoms in total. The third kappa shape index (κ3) is 6.57. The number of carbonyl (C=O) groups excluding carboxylic acids is 1. The van der Waals surface area contributed by atoms with Gasteiger partial charge in [-0.3, -0.25) is 0 Å². The Morgan fingerprint density at radius 1 is 0.853 bits per heavy atom. The Hall–Kier alpha value is -2.45.